The molecule has 3 N–H and O–H groups in total. The summed E-state index contributed by atoms with van der Waals surface area (Å²) in [5.74, 6) is 0.885. The molecule has 1 aromatic rings. The molecule has 0 atom stereocenters. The van der Waals surface area contributed by atoms with Gasteiger partial charge in [0.15, 0.2) is 0 Å². The largest absolute Gasteiger partial charge is 0.397 e. The van der Waals surface area contributed by atoms with Gasteiger partial charge in [-0.15, -0.1) is 0 Å². The molecular weight excluding hydrogens is 278 g/mol. The number of hydrogen-bond acceptors (Lipinski definition) is 3. The van der Waals surface area contributed by atoms with Crippen LogP contribution in [-0.4, -0.2) is 11.5 Å². The van der Waals surface area contributed by atoms with Gasteiger partial charge in [-0.1, -0.05) is 11.6 Å². The fourth-order valence-corrected chi connectivity index (χ4v) is 2.49. The normalized spacial score (nSPS) is 14.8. The van der Waals surface area contributed by atoms with Gasteiger partial charge in [0.05, 0.1) is 16.4 Å². The second kappa shape index (κ2) is 5.54. The molecule has 0 saturated carbocycles. The number of nitrogens with zero attached hydrogens (tertiary/aromatic N) is 1. The van der Waals surface area contributed by atoms with E-state index in [2.05, 4.69) is 32.3 Å². The van der Waals surface area contributed by atoms with E-state index in [1.165, 1.54) is 19.3 Å². The Balaban J connectivity index is 1.92. The molecule has 17 heavy (non-hydrogen) atoms. The van der Waals surface area contributed by atoms with Crippen LogP contribution in [0.4, 0.5) is 11.5 Å². The van der Waals surface area contributed by atoms with E-state index in [9.17, 15) is 0 Å². The quantitative estimate of drug-likeness (QED) is 0.834. The van der Waals surface area contributed by atoms with Crippen LogP contribution in [0.2, 0.25) is 0 Å². The van der Waals surface area contributed by atoms with Gasteiger partial charge >= 0.3 is 0 Å². The molecule has 0 unspecified atom stereocenters. The van der Waals surface area contributed by atoms with Crippen molar-refractivity contribution in [2.24, 2.45) is 0 Å². The predicted molar refractivity (Wildman–Crippen MR) is 76.1 cm³/mol. The Kier molecular flexibility index (Phi) is 4.05. The molecule has 0 aliphatic heterocycles. The Morgan fingerprint density at radius 1 is 1.53 bits per heavy atom. The zero-order valence-electron chi connectivity index (χ0n) is 10.1. The summed E-state index contributed by atoms with van der Waals surface area (Å²) >= 11 is 3.53. The minimum atomic E-state index is 0.723. The summed E-state index contributed by atoms with van der Waals surface area (Å²) < 4.78 is 0.970. The molecule has 0 aromatic carbocycles. The molecule has 1 aliphatic carbocycles. The van der Waals surface area contributed by atoms with Gasteiger partial charge < -0.3 is 11.1 Å². The third-order valence-electron chi connectivity index (χ3n) is 3.18. The van der Waals surface area contributed by atoms with Crippen LogP contribution in [0.5, 0.6) is 0 Å². The molecular formula is C13H18BrN3. The van der Waals surface area contributed by atoms with E-state index in [1.54, 1.807) is 11.8 Å². The molecule has 1 aliphatic rings. The summed E-state index contributed by atoms with van der Waals surface area (Å²) in [4.78, 5) is 4.30. The maximum absolute atomic E-state index is 5.79. The first-order chi connectivity index (χ1) is 8.18. The Hall–Kier alpha value is -1.03. The fraction of sp³-hybridized carbons (Fsp3) is 0.462. The zero-order valence-corrected chi connectivity index (χ0v) is 11.7. The van der Waals surface area contributed by atoms with Crippen LogP contribution in [-0.2, 0) is 0 Å². The van der Waals surface area contributed by atoms with Crippen LogP contribution in [0, 0.1) is 6.92 Å². The van der Waals surface area contributed by atoms with Crippen molar-refractivity contribution in [3.63, 3.8) is 0 Å². The average molecular weight is 296 g/mol. The minimum Gasteiger partial charge on any atom is -0.397 e. The van der Waals surface area contributed by atoms with Crippen LogP contribution in [0.25, 0.3) is 0 Å². The highest BCUT2D eigenvalue weighted by Crippen LogP contribution is 2.28. The van der Waals surface area contributed by atoms with E-state index in [4.69, 9.17) is 5.73 Å². The van der Waals surface area contributed by atoms with Gasteiger partial charge in [0.25, 0.3) is 0 Å². The Bertz CT molecular complexity index is 441. The molecule has 0 spiro atoms. The number of aromatic nitrogens is 1. The molecule has 0 bridgehead atoms. The first-order valence-corrected chi connectivity index (χ1v) is 6.80. The number of pyridine rings is 1. The third-order valence-corrected chi connectivity index (χ3v) is 4.15. The van der Waals surface area contributed by atoms with E-state index in [-0.39, 0.29) is 0 Å². The van der Waals surface area contributed by atoms with Gasteiger partial charge in [-0.3, -0.25) is 0 Å². The van der Waals surface area contributed by atoms with Gasteiger partial charge in [-0.25, -0.2) is 4.98 Å². The number of nitrogen functional groups attached to an aromatic ring is 1. The van der Waals surface area contributed by atoms with E-state index in [1.807, 2.05) is 6.92 Å². The van der Waals surface area contributed by atoms with Crippen LogP contribution in [0.3, 0.4) is 0 Å². The number of halogens is 1. The van der Waals surface area contributed by atoms with Crippen LogP contribution >= 0.6 is 15.9 Å². The smallest absolute Gasteiger partial charge is 0.140 e. The van der Waals surface area contributed by atoms with Gasteiger partial charge in [-0.2, -0.15) is 0 Å². The molecule has 2 rings (SSSR count). The van der Waals surface area contributed by atoms with Crippen molar-refractivity contribution in [3.05, 3.63) is 27.9 Å². The van der Waals surface area contributed by atoms with Crippen molar-refractivity contribution in [1.82, 2.24) is 4.98 Å². The van der Waals surface area contributed by atoms with Crippen LogP contribution < -0.4 is 11.1 Å². The highest BCUT2D eigenvalue weighted by Gasteiger charge is 2.08. The topological polar surface area (TPSA) is 50.9 Å². The van der Waals surface area contributed by atoms with Crippen molar-refractivity contribution in [2.45, 2.75) is 32.6 Å². The van der Waals surface area contributed by atoms with E-state index in [0.29, 0.717) is 0 Å². The number of allylic oxidation sites excluding steroid dienone is 1. The molecule has 92 valence electrons. The summed E-state index contributed by atoms with van der Waals surface area (Å²) in [5, 5.41) is 3.35. The summed E-state index contributed by atoms with van der Waals surface area (Å²) in [6.07, 6.45) is 9.00. The Labute approximate surface area is 111 Å². The van der Waals surface area contributed by atoms with Crippen molar-refractivity contribution >= 4 is 27.4 Å². The average Bonchev–Trinajstić information content (AvgIpc) is 2.82. The van der Waals surface area contributed by atoms with Crippen molar-refractivity contribution in [2.75, 3.05) is 17.6 Å². The minimum absolute atomic E-state index is 0.723. The molecule has 0 amide bonds. The van der Waals surface area contributed by atoms with Crippen molar-refractivity contribution in [3.8, 4) is 0 Å². The van der Waals surface area contributed by atoms with E-state index >= 15 is 0 Å². The first kappa shape index (κ1) is 12.4. The Morgan fingerprint density at radius 2 is 2.35 bits per heavy atom. The van der Waals surface area contributed by atoms with Gasteiger partial charge in [0.2, 0.25) is 0 Å². The lowest BCUT2D eigenvalue weighted by atomic mass is 10.1. The number of nitrogens with two attached hydrogens (primary N) is 1. The maximum Gasteiger partial charge on any atom is 0.140 e. The second-order valence-corrected chi connectivity index (χ2v) is 5.23. The second-order valence-electron chi connectivity index (χ2n) is 4.43. The molecule has 0 fully saturated rings. The summed E-state index contributed by atoms with van der Waals surface area (Å²) in [7, 11) is 0. The lowest BCUT2D eigenvalue weighted by Crippen LogP contribution is -2.06. The number of nitrogens with one attached hydrogen (secondary N) is 1. The highest BCUT2D eigenvalue weighted by molar-refractivity contribution is 9.10. The summed E-state index contributed by atoms with van der Waals surface area (Å²) in [6, 6.07) is 0. The van der Waals surface area contributed by atoms with Crippen molar-refractivity contribution < 1.29 is 0 Å². The fourth-order valence-electron chi connectivity index (χ4n) is 2.02. The highest BCUT2D eigenvalue weighted by atomic mass is 79.9. The summed E-state index contributed by atoms with van der Waals surface area (Å²) in [5.41, 5.74) is 9.13. The molecule has 3 nitrogen and oxygen atoms in total. The maximum atomic E-state index is 5.79. The number of anilines is 2. The zero-order chi connectivity index (χ0) is 12.3. The van der Waals surface area contributed by atoms with Gasteiger partial charge in [-0.05, 0) is 54.1 Å². The standard InChI is InChI=1S/C13H18BrN3/c1-9-11(15)8-17-13(12(9)14)16-7-6-10-4-2-3-5-10/h4,8H,2-3,5-7,15H2,1H3,(H,16,17). The lowest BCUT2D eigenvalue weighted by molar-refractivity contribution is 0.861. The SMILES string of the molecule is Cc1c(N)cnc(NCCC2=CCCC2)c1Br. The predicted octanol–water partition coefficient (Wildman–Crippen LogP) is 3.65. The number of hydrogen-bond donors (Lipinski definition) is 2. The molecule has 0 saturated heterocycles. The van der Waals surface area contributed by atoms with E-state index < -0.39 is 0 Å². The van der Waals surface area contributed by atoms with Gasteiger partial charge in [0.1, 0.15) is 5.82 Å². The van der Waals surface area contributed by atoms with Crippen LogP contribution in [0.15, 0.2) is 22.3 Å². The molecule has 4 heteroatoms. The Morgan fingerprint density at radius 3 is 3.06 bits per heavy atom. The summed E-state index contributed by atoms with van der Waals surface area (Å²) in [6.45, 7) is 2.92. The molecule has 1 heterocycles. The van der Waals surface area contributed by atoms with E-state index in [0.717, 1.165) is 34.5 Å². The van der Waals surface area contributed by atoms with Crippen molar-refractivity contribution in [1.29, 1.82) is 0 Å². The van der Waals surface area contributed by atoms with Gasteiger partial charge in [0, 0.05) is 6.54 Å². The molecule has 1 aromatic heterocycles. The number of rotatable bonds is 4. The third kappa shape index (κ3) is 3.00. The lowest BCUT2D eigenvalue weighted by Gasteiger charge is -2.11. The first-order valence-electron chi connectivity index (χ1n) is 6.01. The monoisotopic (exact) mass is 295 g/mol. The molecule has 0 radical (unpaired) electrons. The van der Waals surface area contributed by atoms with Crippen LogP contribution in [0.1, 0.15) is 31.2 Å².